The van der Waals surface area contributed by atoms with Crippen molar-refractivity contribution >= 4 is 0 Å². The van der Waals surface area contributed by atoms with Gasteiger partial charge in [-0.2, -0.15) is 0 Å². The van der Waals surface area contributed by atoms with Crippen molar-refractivity contribution in [2.45, 2.75) is 20.8 Å². The molecule has 0 aliphatic carbocycles. The molecular weight excluding hydrogens is 284 g/mol. The van der Waals surface area contributed by atoms with Crippen molar-refractivity contribution in [2.75, 3.05) is 0 Å². The highest BCUT2D eigenvalue weighted by Gasteiger charge is 2.05. The van der Waals surface area contributed by atoms with Crippen LogP contribution in [-0.2, 0) is 0 Å². The van der Waals surface area contributed by atoms with Crippen LogP contribution in [0.2, 0.25) is 0 Å². The molecule has 0 aliphatic heterocycles. The van der Waals surface area contributed by atoms with Crippen molar-refractivity contribution in [2.24, 2.45) is 0 Å². The van der Waals surface area contributed by atoms with Crippen LogP contribution in [0.5, 0.6) is 23.0 Å². The van der Waals surface area contributed by atoms with Crippen molar-refractivity contribution < 1.29 is 9.47 Å². The van der Waals surface area contributed by atoms with Crippen molar-refractivity contribution in [3.63, 3.8) is 0 Å². The molecule has 0 bridgehead atoms. The highest BCUT2D eigenvalue weighted by molar-refractivity contribution is 5.44. The van der Waals surface area contributed by atoms with E-state index in [1.807, 2.05) is 73.7 Å². The largest absolute Gasteiger partial charge is 0.457 e. The highest BCUT2D eigenvalue weighted by Crippen LogP contribution is 2.30. The lowest BCUT2D eigenvalue weighted by molar-refractivity contribution is 0.466. The number of aryl methyl sites for hydroxylation is 3. The average Bonchev–Trinajstić information content (AvgIpc) is 2.54. The molecule has 3 aromatic carbocycles. The van der Waals surface area contributed by atoms with Gasteiger partial charge in [0.05, 0.1) is 0 Å². The van der Waals surface area contributed by atoms with Gasteiger partial charge in [0, 0.05) is 0 Å². The lowest BCUT2D eigenvalue weighted by Crippen LogP contribution is -1.90. The van der Waals surface area contributed by atoms with Crippen molar-refractivity contribution in [3.05, 3.63) is 83.4 Å². The van der Waals surface area contributed by atoms with Crippen LogP contribution in [0.3, 0.4) is 0 Å². The van der Waals surface area contributed by atoms with E-state index in [0.29, 0.717) is 0 Å². The van der Waals surface area contributed by atoms with Crippen LogP contribution >= 0.6 is 0 Å². The summed E-state index contributed by atoms with van der Waals surface area (Å²) in [5, 5.41) is 0. The second-order valence-electron chi connectivity index (χ2n) is 5.76. The lowest BCUT2D eigenvalue weighted by Gasteiger charge is -2.11. The zero-order valence-corrected chi connectivity index (χ0v) is 13.7. The van der Waals surface area contributed by atoms with Gasteiger partial charge in [0.15, 0.2) is 0 Å². The summed E-state index contributed by atoms with van der Waals surface area (Å²) in [5.41, 5.74) is 3.47. The Morgan fingerprint density at radius 3 is 1.52 bits per heavy atom. The monoisotopic (exact) mass is 304 g/mol. The first-order valence-corrected chi connectivity index (χ1v) is 7.70. The molecule has 0 radical (unpaired) electrons. The summed E-state index contributed by atoms with van der Waals surface area (Å²) < 4.78 is 11.8. The first-order valence-electron chi connectivity index (χ1n) is 7.70. The average molecular weight is 304 g/mol. The molecule has 116 valence electrons. The fourth-order valence-corrected chi connectivity index (χ4v) is 2.28. The van der Waals surface area contributed by atoms with Crippen LogP contribution < -0.4 is 9.47 Å². The van der Waals surface area contributed by atoms with Crippen LogP contribution in [0, 0.1) is 20.8 Å². The third kappa shape index (κ3) is 3.92. The summed E-state index contributed by atoms with van der Waals surface area (Å²) in [6.07, 6.45) is 0. The smallest absolute Gasteiger partial charge is 0.130 e. The summed E-state index contributed by atoms with van der Waals surface area (Å²) in [4.78, 5) is 0. The molecule has 0 unspecified atom stereocenters. The summed E-state index contributed by atoms with van der Waals surface area (Å²) in [5.74, 6) is 3.32. The van der Waals surface area contributed by atoms with Gasteiger partial charge in [-0.05, 0) is 68.8 Å². The third-order valence-corrected chi connectivity index (χ3v) is 3.65. The first-order chi connectivity index (χ1) is 11.1. The molecule has 3 rings (SSSR count). The molecule has 0 amide bonds. The number of rotatable bonds is 4. The summed E-state index contributed by atoms with van der Waals surface area (Å²) in [6, 6.07) is 21.9. The minimum atomic E-state index is 0.808. The topological polar surface area (TPSA) is 18.5 Å². The van der Waals surface area contributed by atoms with Crippen molar-refractivity contribution in [1.29, 1.82) is 0 Å². The molecule has 2 heteroatoms. The summed E-state index contributed by atoms with van der Waals surface area (Å²) in [6.45, 7) is 6.14. The van der Waals surface area contributed by atoms with Gasteiger partial charge in [0.25, 0.3) is 0 Å². The molecule has 0 heterocycles. The first kappa shape index (κ1) is 15.2. The maximum atomic E-state index is 5.93. The van der Waals surface area contributed by atoms with E-state index in [1.165, 1.54) is 11.1 Å². The van der Waals surface area contributed by atoms with E-state index in [9.17, 15) is 0 Å². The minimum Gasteiger partial charge on any atom is -0.457 e. The standard InChI is InChI=1S/C21H20O2/c1-15-4-8-18(9-5-15)22-20-12-13-21(17(3)14-20)23-19-10-6-16(2)7-11-19/h4-14H,1-3H3. The normalized spacial score (nSPS) is 10.4. The number of ether oxygens (including phenoxy) is 2. The van der Waals surface area contributed by atoms with Crippen LogP contribution in [0.25, 0.3) is 0 Å². The number of hydrogen-bond acceptors (Lipinski definition) is 2. The van der Waals surface area contributed by atoms with Gasteiger partial charge in [-0.1, -0.05) is 35.4 Å². The molecule has 0 fully saturated rings. The fourth-order valence-electron chi connectivity index (χ4n) is 2.28. The summed E-state index contributed by atoms with van der Waals surface area (Å²) in [7, 11) is 0. The Balaban J connectivity index is 1.75. The quantitative estimate of drug-likeness (QED) is 0.571. The SMILES string of the molecule is Cc1ccc(Oc2ccc(Oc3ccc(C)cc3)c(C)c2)cc1. The number of hydrogen-bond donors (Lipinski definition) is 0. The molecule has 0 N–H and O–H groups in total. The minimum absolute atomic E-state index is 0.808. The Labute approximate surface area is 137 Å². The zero-order valence-electron chi connectivity index (χ0n) is 13.7. The van der Waals surface area contributed by atoms with E-state index in [4.69, 9.17) is 9.47 Å². The maximum absolute atomic E-state index is 5.93. The second kappa shape index (κ2) is 6.57. The lowest BCUT2D eigenvalue weighted by atomic mass is 10.2. The Hall–Kier alpha value is -2.74. The molecule has 2 nitrogen and oxygen atoms in total. The van der Waals surface area contributed by atoms with Gasteiger partial charge in [-0.15, -0.1) is 0 Å². The van der Waals surface area contributed by atoms with Gasteiger partial charge < -0.3 is 9.47 Å². The molecule has 3 aromatic rings. The Morgan fingerprint density at radius 2 is 1.00 bits per heavy atom. The van der Waals surface area contributed by atoms with Crippen molar-refractivity contribution in [3.8, 4) is 23.0 Å². The van der Waals surface area contributed by atoms with Crippen LogP contribution in [0.1, 0.15) is 16.7 Å². The van der Waals surface area contributed by atoms with Gasteiger partial charge >= 0.3 is 0 Å². The molecule has 0 atom stereocenters. The van der Waals surface area contributed by atoms with Crippen LogP contribution in [-0.4, -0.2) is 0 Å². The predicted molar refractivity (Wildman–Crippen MR) is 93.7 cm³/mol. The van der Waals surface area contributed by atoms with Crippen molar-refractivity contribution in [1.82, 2.24) is 0 Å². The highest BCUT2D eigenvalue weighted by atomic mass is 16.5. The maximum Gasteiger partial charge on any atom is 0.130 e. The van der Waals surface area contributed by atoms with E-state index in [2.05, 4.69) is 13.8 Å². The Morgan fingerprint density at radius 1 is 0.522 bits per heavy atom. The van der Waals surface area contributed by atoms with Gasteiger partial charge in [0.1, 0.15) is 23.0 Å². The van der Waals surface area contributed by atoms with E-state index < -0.39 is 0 Å². The Bertz CT molecular complexity index is 787. The van der Waals surface area contributed by atoms with E-state index in [1.54, 1.807) is 0 Å². The van der Waals surface area contributed by atoms with Crippen LogP contribution in [0.15, 0.2) is 66.7 Å². The number of benzene rings is 3. The zero-order chi connectivity index (χ0) is 16.2. The van der Waals surface area contributed by atoms with E-state index >= 15 is 0 Å². The molecule has 0 spiro atoms. The van der Waals surface area contributed by atoms with E-state index in [0.717, 1.165) is 28.6 Å². The molecule has 0 saturated heterocycles. The van der Waals surface area contributed by atoms with E-state index in [-0.39, 0.29) is 0 Å². The molecule has 0 saturated carbocycles. The second-order valence-corrected chi connectivity index (χ2v) is 5.76. The van der Waals surface area contributed by atoms with Gasteiger partial charge in [-0.25, -0.2) is 0 Å². The third-order valence-electron chi connectivity index (χ3n) is 3.65. The molecular formula is C21H20O2. The summed E-state index contributed by atoms with van der Waals surface area (Å²) >= 11 is 0. The molecule has 0 aliphatic rings. The van der Waals surface area contributed by atoms with Gasteiger partial charge in [0.2, 0.25) is 0 Å². The van der Waals surface area contributed by atoms with Gasteiger partial charge in [-0.3, -0.25) is 0 Å². The van der Waals surface area contributed by atoms with Crippen LogP contribution in [0.4, 0.5) is 0 Å². The predicted octanol–water partition coefficient (Wildman–Crippen LogP) is 6.20. The fraction of sp³-hybridized carbons (Fsp3) is 0.143. The molecule has 0 aromatic heterocycles. The molecule has 23 heavy (non-hydrogen) atoms. The Kier molecular flexibility index (Phi) is 4.33.